The summed E-state index contributed by atoms with van der Waals surface area (Å²) in [6.07, 6.45) is 2.22. The molecule has 0 heterocycles. The van der Waals surface area contributed by atoms with Crippen molar-refractivity contribution in [2.24, 2.45) is 11.7 Å². The molecule has 0 aromatic heterocycles. The fraction of sp³-hybridized carbons (Fsp3) is 0.500. The number of carbonyl (C=O) groups excluding carboxylic acids is 2. The molecule has 1 unspecified atom stereocenters. The largest absolute Gasteiger partial charge is 0.465 e. The lowest BCUT2D eigenvalue weighted by molar-refractivity contribution is -0.116. The van der Waals surface area contributed by atoms with Crippen LogP contribution in [0.5, 0.6) is 0 Å². The smallest absolute Gasteiger partial charge is 0.337 e. The van der Waals surface area contributed by atoms with E-state index in [9.17, 15) is 9.59 Å². The van der Waals surface area contributed by atoms with Crippen LogP contribution >= 0.6 is 0 Å². The van der Waals surface area contributed by atoms with E-state index >= 15 is 0 Å². The molecule has 21 heavy (non-hydrogen) atoms. The zero-order chi connectivity index (χ0) is 15.8. The molecule has 1 aromatic rings. The molecule has 0 aliphatic rings. The van der Waals surface area contributed by atoms with Crippen molar-refractivity contribution in [2.75, 3.05) is 19.0 Å². The van der Waals surface area contributed by atoms with E-state index < -0.39 is 0 Å². The number of rotatable bonds is 7. The number of nitrogens with one attached hydrogen (secondary N) is 1. The summed E-state index contributed by atoms with van der Waals surface area (Å²) in [7, 11) is 1.34. The van der Waals surface area contributed by atoms with Gasteiger partial charge in [0.15, 0.2) is 0 Å². The van der Waals surface area contributed by atoms with Crippen molar-refractivity contribution in [3.05, 3.63) is 29.3 Å². The number of hydrogen-bond donors (Lipinski definition) is 2. The zero-order valence-electron chi connectivity index (χ0n) is 12.9. The van der Waals surface area contributed by atoms with Crippen LogP contribution in [0.25, 0.3) is 0 Å². The van der Waals surface area contributed by atoms with E-state index in [0.29, 0.717) is 24.4 Å². The van der Waals surface area contributed by atoms with Crippen LogP contribution in [0, 0.1) is 12.8 Å². The average molecular weight is 292 g/mol. The van der Waals surface area contributed by atoms with E-state index in [1.165, 1.54) is 7.11 Å². The van der Waals surface area contributed by atoms with E-state index in [1.54, 1.807) is 18.2 Å². The standard InChI is InChI=1S/C16H24N2O3/c1-11(8-9-17)4-7-15(19)18-14-6-5-13(10-12(14)2)16(20)21-3/h5-6,10-11H,4,7-9,17H2,1-3H3,(H,18,19). The van der Waals surface area contributed by atoms with Gasteiger partial charge in [0.2, 0.25) is 5.91 Å². The van der Waals surface area contributed by atoms with Gasteiger partial charge in [0.1, 0.15) is 0 Å². The highest BCUT2D eigenvalue weighted by atomic mass is 16.5. The Bertz CT molecular complexity index is 500. The maximum absolute atomic E-state index is 11.9. The van der Waals surface area contributed by atoms with Gasteiger partial charge in [0, 0.05) is 12.1 Å². The molecule has 1 rings (SSSR count). The van der Waals surface area contributed by atoms with Crippen LogP contribution in [0.1, 0.15) is 42.1 Å². The van der Waals surface area contributed by atoms with Crippen molar-refractivity contribution in [3.63, 3.8) is 0 Å². The number of esters is 1. The van der Waals surface area contributed by atoms with E-state index in [2.05, 4.69) is 17.0 Å². The maximum Gasteiger partial charge on any atom is 0.337 e. The molecule has 5 heteroatoms. The first-order valence-corrected chi connectivity index (χ1v) is 7.16. The summed E-state index contributed by atoms with van der Waals surface area (Å²) in [4.78, 5) is 23.3. The van der Waals surface area contributed by atoms with Gasteiger partial charge in [-0.15, -0.1) is 0 Å². The van der Waals surface area contributed by atoms with Crippen LogP contribution in [-0.2, 0) is 9.53 Å². The second-order valence-electron chi connectivity index (χ2n) is 5.29. The lowest BCUT2D eigenvalue weighted by Crippen LogP contribution is -2.15. The lowest BCUT2D eigenvalue weighted by atomic mass is 10.0. The summed E-state index contributed by atoms with van der Waals surface area (Å²) >= 11 is 0. The van der Waals surface area contributed by atoms with Gasteiger partial charge in [-0.3, -0.25) is 4.79 Å². The van der Waals surface area contributed by atoms with Crippen molar-refractivity contribution in [1.29, 1.82) is 0 Å². The fourth-order valence-electron chi connectivity index (χ4n) is 2.07. The summed E-state index contributed by atoms with van der Waals surface area (Å²) in [6.45, 7) is 4.59. The van der Waals surface area contributed by atoms with Gasteiger partial charge >= 0.3 is 5.97 Å². The predicted octanol–water partition coefficient (Wildman–Crippen LogP) is 2.49. The topological polar surface area (TPSA) is 81.4 Å². The van der Waals surface area contributed by atoms with E-state index in [1.807, 2.05) is 6.92 Å². The zero-order valence-corrected chi connectivity index (χ0v) is 12.9. The van der Waals surface area contributed by atoms with Gasteiger partial charge in [-0.05, 0) is 56.0 Å². The molecule has 0 aliphatic carbocycles. The molecule has 116 valence electrons. The van der Waals surface area contributed by atoms with Crippen LogP contribution < -0.4 is 11.1 Å². The number of aryl methyl sites for hydroxylation is 1. The summed E-state index contributed by atoms with van der Waals surface area (Å²) in [5.41, 5.74) is 7.52. The van der Waals surface area contributed by atoms with Crippen LogP contribution in [0.3, 0.4) is 0 Å². The van der Waals surface area contributed by atoms with Gasteiger partial charge in [-0.2, -0.15) is 0 Å². The Labute approximate surface area is 125 Å². The average Bonchev–Trinajstić information content (AvgIpc) is 2.46. The molecule has 0 aliphatic heterocycles. The third-order valence-electron chi connectivity index (χ3n) is 3.45. The molecule has 0 saturated heterocycles. The molecule has 0 bridgehead atoms. The minimum atomic E-state index is -0.383. The second-order valence-corrected chi connectivity index (χ2v) is 5.29. The second kappa shape index (κ2) is 8.42. The molecule has 1 amide bonds. The molecular weight excluding hydrogens is 268 g/mol. The number of benzene rings is 1. The number of ether oxygens (including phenoxy) is 1. The molecule has 0 saturated carbocycles. The molecule has 1 atom stereocenters. The monoisotopic (exact) mass is 292 g/mol. The van der Waals surface area contributed by atoms with Gasteiger partial charge in [-0.25, -0.2) is 4.79 Å². The van der Waals surface area contributed by atoms with Crippen LogP contribution in [0.4, 0.5) is 5.69 Å². The van der Waals surface area contributed by atoms with Crippen molar-refractivity contribution in [2.45, 2.75) is 33.1 Å². The fourth-order valence-corrected chi connectivity index (χ4v) is 2.07. The normalized spacial score (nSPS) is 11.8. The molecule has 3 N–H and O–H groups in total. The molecule has 5 nitrogen and oxygen atoms in total. The SMILES string of the molecule is COC(=O)c1ccc(NC(=O)CCC(C)CCN)c(C)c1. The molecular formula is C16H24N2O3. The number of anilines is 1. The molecule has 0 radical (unpaired) electrons. The van der Waals surface area contributed by atoms with Crippen LogP contribution in [0.2, 0.25) is 0 Å². The number of methoxy groups -OCH3 is 1. The van der Waals surface area contributed by atoms with Crippen molar-refractivity contribution in [3.8, 4) is 0 Å². The molecule has 0 fully saturated rings. The Morgan fingerprint density at radius 1 is 1.33 bits per heavy atom. The number of nitrogens with two attached hydrogens (primary N) is 1. The van der Waals surface area contributed by atoms with E-state index in [-0.39, 0.29) is 11.9 Å². The molecule has 1 aromatic carbocycles. The highest BCUT2D eigenvalue weighted by Gasteiger charge is 2.10. The summed E-state index contributed by atoms with van der Waals surface area (Å²) in [5, 5.41) is 2.87. The maximum atomic E-state index is 11.9. The minimum absolute atomic E-state index is 0.0206. The van der Waals surface area contributed by atoms with Crippen molar-refractivity contribution >= 4 is 17.6 Å². The van der Waals surface area contributed by atoms with Gasteiger partial charge in [-0.1, -0.05) is 6.92 Å². The van der Waals surface area contributed by atoms with Gasteiger partial charge < -0.3 is 15.8 Å². The Morgan fingerprint density at radius 2 is 2.05 bits per heavy atom. The number of carbonyl (C=O) groups is 2. The Morgan fingerprint density at radius 3 is 2.62 bits per heavy atom. The third kappa shape index (κ3) is 5.55. The summed E-state index contributed by atoms with van der Waals surface area (Å²) < 4.78 is 4.66. The van der Waals surface area contributed by atoms with Crippen LogP contribution in [0.15, 0.2) is 18.2 Å². The van der Waals surface area contributed by atoms with Crippen molar-refractivity contribution < 1.29 is 14.3 Å². The Kier molecular flexibility index (Phi) is 6.88. The molecule has 0 spiro atoms. The van der Waals surface area contributed by atoms with Crippen molar-refractivity contribution in [1.82, 2.24) is 0 Å². The summed E-state index contributed by atoms with van der Waals surface area (Å²) in [5.74, 6) is 0.0444. The Balaban J connectivity index is 2.58. The summed E-state index contributed by atoms with van der Waals surface area (Å²) in [6, 6.07) is 5.08. The van der Waals surface area contributed by atoms with Gasteiger partial charge in [0.25, 0.3) is 0 Å². The minimum Gasteiger partial charge on any atom is -0.465 e. The highest BCUT2D eigenvalue weighted by molar-refractivity contribution is 5.94. The van der Waals surface area contributed by atoms with Crippen LogP contribution in [-0.4, -0.2) is 25.5 Å². The first-order chi connectivity index (χ1) is 9.97. The quantitative estimate of drug-likeness (QED) is 0.756. The first-order valence-electron chi connectivity index (χ1n) is 7.16. The first kappa shape index (κ1) is 17.2. The predicted molar refractivity (Wildman–Crippen MR) is 83.2 cm³/mol. The third-order valence-corrected chi connectivity index (χ3v) is 3.45. The highest BCUT2D eigenvalue weighted by Crippen LogP contribution is 2.18. The number of hydrogen-bond acceptors (Lipinski definition) is 4. The lowest BCUT2D eigenvalue weighted by Gasteiger charge is -2.12. The number of amides is 1. The van der Waals surface area contributed by atoms with E-state index in [0.717, 1.165) is 24.1 Å². The Hall–Kier alpha value is -1.88. The van der Waals surface area contributed by atoms with Gasteiger partial charge in [0.05, 0.1) is 12.7 Å². The van der Waals surface area contributed by atoms with E-state index in [4.69, 9.17) is 5.73 Å².